The van der Waals surface area contributed by atoms with Crippen molar-refractivity contribution in [2.24, 2.45) is 11.8 Å². The predicted octanol–water partition coefficient (Wildman–Crippen LogP) is 4.55. The number of hydrogen-bond acceptors (Lipinski definition) is 3. The van der Waals surface area contributed by atoms with Crippen molar-refractivity contribution >= 4 is 40.1 Å². The number of hydrazine groups is 1. The first kappa shape index (κ1) is 18.5. The molecule has 0 radical (unpaired) electrons. The van der Waals surface area contributed by atoms with Crippen LogP contribution in [0.1, 0.15) is 23.2 Å². The molecule has 25 heavy (non-hydrogen) atoms. The molecule has 2 N–H and O–H groups in total. The van der Waals surface area contributed by atoms with Gasteiger partial charge in [0.15, 0.2) is 11.6 Å². The fourth-order valence-electron chi connectivity index (χ4n) is 2.33. The van der Waals surface area contributed by atoms with Crippen LogP contribution < -0.4 is 5.84 Å². The van der Waals surface area contributed by atoms with Gasteiger partial charge in [0, 0.05) is 19.7 Å². The number of hydrogen-bond donors (Lipinski definition) is 1. The van der Waals surface area contributed by atoms with Crippen molar-refractivity contribution in [2.75, 3.05) is 6.61 Å². The second kappa shape index (κ2) is 7.53. The summed E-state index contributed by atoms with van der Waals surface area (Å²) in [6.07, 6.45) is 2.05. The van der Waals surface area contributed by atoms with Crippen LogP contribution in [0, 0.1) is 21.1 Å². The van der Waals surface area contributed by atoms with Crippen molar-refractivity contribution in [2.45, 2.75) is 12.8 Å². The number of carbonyl (C=O) groups excluding carboxylic acids is 1. The summed E-state index contributed by atoms with van der Waals surface area (Å²) in [5.41, 5.74) is -0.157. The number of halogens is 4. The van der Waals surface area contributed by atoms with Crippen LogP contribution in [0.15, 0.2) is 30.3 Å². The Morgan fingerprint density at radius 1 is 1.32 bits per heavy atom. The lowest BCUT2D eigenvalue weighted by Crippen LogP contribution is -2.38. The summed E-state index contributed by atoms with van der Waals surface area (Å²) in [5, 5.41) is 0.766. The lowest BCUT2D eigenvalue weighted by atomic mass is 9.98. The van der Waals surface area contributed by atoms with Crippen LogP contribution in [0.25, 0.3) is 11.1 Å². The van der Waals surface area contributed by atoms with Crippen LogP contribution in [0.3, 0.4) is 0 Å². The van der Waals surface area contributed by atoms with Gasteiger partial charge in [-0.1, -0.05) is 17.7 Å². The maximum Gasteiger partial charge on any atom is 0.293 e. The Balaban J connectivity index is 2.01. The van der Waals surface area contributed by atoms with E-state index in [0.29, 0.717) is 17.7 Å². The molecule has 0 heterocycles. The number of amides is 1. The molecule has 3 rings (SSSR count). The van der Waals surface area contributed by atoms with E-state index >= 15 is 0 Å². The summed E-state index contributed by atoms with van der Waals surface area (Å²) in [6.45, 7) is 0.311. The van der Waals surface area contributed by atoms with Gasteiger partial charge in [-0.3, -0.25) is 9.63 Å². The number of rotatable bonds is 5. The van der Waals surface area contributed by atoms with E-state index in [1.165, 1.54) is 12.1 Å². The molecule has 1 aliphatic rings. The molecule has 8 heteroatoms. The summed E-state index contributed by atoms with van der Waals surface area (Å²) in [4.78, 5) is 17.8. The zero-order chi connectivity index (χ0) is 18.1. The van der Waals surface area contributed by atoms with Gasteiger partial charge in [-0.15, -0.1) is 5.17 Å². The molecule has 0 aromatic heterocycles. The van der Waals surface area contributed by atoms with Crippen LogP contribution in [0.4, 0.5) is 8.78 Å². The monoisotopic (exact) mass is 478 g/mol. The average Bonchev–Trinajstić information content (AvgIpc) is 3.39. The van der Waals surface area contributed by atoms with E-state index in [-0.39, 0.29) is 21.7 Å². The number of nitrogens with zero attached hydrogens (tertiary/aromatic N) is 1. The lowest BCUT2D eigenvalue weighted by Gasteiger charge is -2.19. The third-order valence-electron chi connectivity index (χ3n) is 3.87. The van der Waals surface area contributed by atoms with Crippen molar-refractivity contribution in [3.8, 4) is 11.1 Å². The van der Waals surface area contributed by atoms with Crippen molar-refractivity contribution in [3.63, 3.8) is 0 Å². The van der Waals surface area contributed by atoms with Gasteiger partial charge in [0.2, 0.25) is 0 Å². The van der Waals surface area contributed by atoms with Crippen LogP contribution in [-0.4, -0.2) is 17.7 Å². The van der Waals surface area contributed by atoms with E-state index in [1.807, 2.05) is 22.6 Å². The van der Waals surface area contributed by atoms with Gasteiger partial charge in [0.25, 0.3) is 5.91 Å². The molecule has 4 nitrogen and oxygen atoms in total. The van der Waals surface area contributed by atoms with Gasteiger partial charge < -0.3 is 0 Å². The third-order valence-corrected chi connectivity index (χ3v) is 4.86. The summed E-state index contributed by atoms with van der Waals surface area (Å²) in [6, 6.07) is 6.86. The van der Waals surface area contributed by atoms with Crippen LogP contribution >= 0.6 is 34.2 Å². The predicted molar refractivity (Wildman–Crippen MR) is 98.6 cm³/mol. The molecule has 0 saturated heterocycles. The Labute approximate surface area is 162 Å². The number of benzene rings is 2. The minimum absolute atomic E-state index is 0.125. The fraction of sp³-hybridized carbons (Fsp3) is 0.235. The quantitative estimate of drug-likeness (QED) is 0.297. The van der Waals surface area contributed by atoms with Crippen molar-refractivity contribution < 1.29 is 18.4 Å². The molecule has 0 atom stereocenters. The highest BCUT2D eigenvalue weighted by molar-refractivity contribution is 14.1. The van der Waals surface area contributed by atoms with Crippen LogP contribution in [0.2, 0.25) is 5.02 Å². The smallest absolute Gasteiger partial charge is 0.265 e. The maximum atomic E-state index is 14.5. The molecule has 0 bridgehead atoms. The Morgan fingerprint density at radius 2 is 2.04 bits per heavy atom. The minimum atomic E-state index is -1.16. The second-order valence-electron chi connectivity index (χ2n) is 5.78. The highest BCUT2D eigenvalue weighted by atomic mass is 127. The molecular formula is C17H14ClF2IN2O2. The first-order chi connectivity index (χ1) is 11.9. The molecular weight excluding hydrogens is 465 g/mol. The normalized spacial score (nSPS) is 13.8. The van der Waals surface area contributed by atoms with E-state index < -0.39 is 17.5 Å². The highest BCUT2D eigenvalue weighted by Gasteiger charge is 2.27. The van der Waals surface area contributed by atoms with Gasteiger partial charge >= 0.3 is 0 Å². The van der Waals surface area contributed by atoms with E-state index in [2.05, 4.69) is 0 Å². The third kappa shape index (κ3) is 4.11. The summed E-state index contributed by atoms with van der Waals surface area (Å²) in [5.74, 6) is 3.00. The zero-order valence-electron chi connectivity index (χ0n) is 12.9. The Bertz CT molecular complexity index is 831. The maximum absolute atomic E-state index is 14.5. The van der Waals surface area contributed by atoms with Gasteiger partial charge in [-0.2, -0.15) is 0 Å². The molecule has 0 spiro atoms. The Kier molecular flexibility index (Phi) is 5.57. The van der Waals surface area contributed by atoms with Crippen LogP contribution in [-0.2, 0) is 4.84 Å². The zero-order valence-corrected chi connectivity index (χ0v) is 15.9. The molecule has 1 fully saturated rings. The number of carbonyl (C=O) groups is 1. The number of hydroxylamine groups is 1. The first-order valence-electron chi connectivity index (χ1n) is 7.54. The Hall–Kier alpha value is -1.29. The second-order valence-corrected chi connectivity index (χ2v) is 7.43. The lowest BCUT2D eigenvalue weighted by molar-refractivity contribution is -0.129. The first-order valence-corrected chi connectivity index (χ1v) is 8.99. The molecule has 132 valence electrons. The summed E-state index contributed by atoms with van der Waals surface area (Å²) >= 11 is 8.22. The molecule has 1 amide bonds. The van der Waals surface area contributed by atoms with E-state index in [1.54, 1.807) is 12.1 Å². The largest absolute Gasteiger partial charge is 0.293 e. The molecule has 1 aliphatic carbocycles. The standard InChI is InChI=1S/C17H14ClF2IN2O2/c18-13-7-10(21)3-4-11(13)15-12(5-6-14(19)16(15)20)17(24)23(22)25-8-9-1-2-9/h3-7,9H,1-2,8,22H2. The topological polar surface area (TPSA) is 55.6 Å². The van der Waals surface area contributed by atoms with Gasteiger partial charge in [-0.05, 0) is 65.6 Å². The fourth-order valence-corrected chi connectivity index (χ4v) is 3.28. The van der Waals surface area contributed by atoms with Crippen LogP contribution in [0.5, 0.6) is 0 Å². The molecule has 0 aliphatic heterocycles. The molecule has 1 saturated carbocycles. The van der Waals surface area contributed by atoms with E-state index in [9.17, 15) is 13.6 Å². The van der Waals surface area contributed by atoms with Crippen molar-refractivity contribution in [1.82, 2.24) is 5.17 Å². The van der Waals surface area contributed by atoms with Crippen molar-refractivity contribution in [3.05, 3.63) is 56.1 Å². The summed E-state index contributed by atoms with van der Waals surface area (Å²) in [7, 11) is 0. The summed E-state index contributed by atoms with van der Waals surface area (Å²) < 4.78 is 29.1. The minimum Gasteiger partial charge on any atom is -0.265 e. The SMILES string of the molecule is NN(OCC1CC1)C(=O)c1ccc(F)c(F)c1-c1ccc(I)cc1Cl. The van der Waals surface area contributed by atoms with Gasteiger partial charge in [0.1, 0.15) is 0 Å². The van der Waals surface area contributed by atoms with E-state index in [4.69, 9.17) is 22.3 Å². The molecule has 2 aromatic rings. The van der Waals surface area contributed by atoms with E-state index in [0.717, 1.165) is 22.5 Å². The number of nitrogens with two attached hydrogens (primary N) is 1. The van der Waals surface area contributed by atoms with Crippen molar-refractivity contribution in [1.29, 1.82) is 0 Å². The highest BCUT2D eigenvalue weighted by Crippen LogP contribution is 2.35. The Morgan fingerprint density at radius 3 is 2.68 bits per heavy atom. The van der Waals surface area contributed by atoms with Gasteiger partial charge in [0.05, 0.1) is 12.2 Å². The van der Waals surface area contributed by atoms with Gasteiger partial charge in [-0.25, -0.2) is 14.6 Å². The molecule has 2 aromatic carbocycles. The molecule has 0 unspecified atom stereocenters. The average molecular weight is 479 g/mol.